The van der Waals surface area contributed by atoms with Crippen LogP contribution in [0.4, 0.5) is 11.4 Å². The maximum atomic E-state index is 12.3. The van der Waals surface area contributed by atoms with Crippen molar-refractivity contribution >= 4 is 56.4 Å². The number of nitrogen functional groups attached to an aromatic ring is 1. The summed E-state index contributed by atoms with van der Waals surface area (Å²) < 4.78 is 0.701. The van der Waals surface area contributed by atoms with Crippen LogP contribution in [0.2, 0.25) is 10.3 Å². The van der Waals surface area contributed by atoms with Gasteiger partial charge < -0.3 is 11.1 Å². The van der Waals surface area contributed by atoms with Gasteiger partial charge >= 0.3 is 0 Å². The second-order valence-corrected chi connectivity index (χ2v) is 5.58. The van der Waals surface area contributed by atoms with Crippen LogP contribution in [0.15, 0.2) is 22.9 Å². The summed E-state index contributed by atoms with van der Waals surface area (Å²) in [5.74, 6) is -0.394. The molecular weight excluding hydrogens is 367 g/mol. The van der Waals surface area contributed by atoms with Crippen LogP contribution < -0.4 is 11.1 Å². The van der Waals surface area contributed by atoms with Gasteiger partial charge in [-0.3, -0.25) is 4.79 Å². The topological polar surface area (TPSA) is 80.9 Å². The first kappa shape index (κ1) is 15.0. The van der Waals surface area contributed by atoms with Gasteiger partial charge in [0.2, 0.25) is 0 Å². The number of nitrogens with two attached hydrogens (primary N) is 1. The van der Waals surface area contributed by atoms with E-state index in [1.54, 1.807) is 19.1 Å². The van der Waals surface area contributed by atoms with Gasteiger partial charge in [-0.25, -0.2) is 9.97 Å². The first-order valence-corrected chi connectivity index (χ1v) is 6.98. The molecule has 0 saturated heterocycles. The van der Waals surface area contributed by atoms with Crippen molar-refractivity contribution in [3.8, 4) is 0 Å². The maximum absolute atomic E-state index is 12.3. The van der Waals surface area contributed by atoms with Crippen molar-refractivity contribution in [1.82, 2.24) is 9.97 Å². The highest BCUT2D eigenvalue weighted by Crippen LogP contribution is 2.28. The van der Waals surface area contributed by atoms with Crippen molar-refractivity contribution in [3.63, 3.8) is 0 Å². The molecular formula is C12H9BrCl2N4O. The third-order valence-electron chi connectivity index (χ3n) is 2.65. The van der Waals surface area contributed by atoms with Crippen molar-refractivity contribution < 1.29 is 4.79 Å². The number of anilines is 2. The molecule has 1 heterocycles. The zero-order valence-electron chi connectivity index (χ0n) is 10.2. The van der Waals surface area contributed by atoms with Crippen molar-refractivity contribution in [2.45, 2.75) is 6.92 Å². The fourth-order valence-corrected chi connectivity index (χ4v) is 2.45. The standard InChI is InChI=1S/C12H9BrCl2N4O/c1-5-7(2-6(13)3-8(5)16)12(20)19-9-10(14)17-4-18-11(9)15/h2-4H,16H2,1H3,(H,19,20). The minimum Gasteiger partial charge on any atom is -0.398 e. The van der Waals surface area contributed by atoms with Crippen LogP contribution in [0.5, 0.6) is 0 Å². The molecule has 0 spiro atoms. The SMILES string of the molecule is Cc1c(N)cc(Br)cc1C(=O)Nc1c(Cl)ncnc1Cl. The van der Waals surface area contributed by atoms with Crippen molar-refractivity contribution in [2.75, 3.05) is 11.1 Å². The highest BCUT2D eigenvalue weighted by Gasteiger charge is 2.16. The van der Waals surface area contributed by atoms with Crippen molar-refractivity contribution in [1.29, 1.82) is 0 Å². The van der Waals surface area contributed by atoms with Gasteiger partial charge in [0, 0.05) is 15.7 Å². The molecule has 0 atom stereocenters. The lowest BCUT2D eigenvalue weighted by Crippen LogP contribution is -2.15. The van der Waals surface area contributed by atoms with E-state index in [-0.39, 0.29) is 16.0 Å². The molecule has 0 fully saturated rings. The number of amides is 1. The molecule has 3 N–H and O–H groups in total. The number of halogens is 3. The highest BCUT2D eigenvalue weighted by molar-refractivity contribution is 9.10. The molecule has 104 valence electrons. The largest absolute Gasteiger partial charge is 0.398 e. The molecule has 5 nitrogen and oxygen atoms in total. The van der Waals surface area contributed by atoms with E-state index in [9.17, 15) is 4.79 Å². The summed E-state index contributed by atoms with van der Waals surface area (Å²) in [5, 5.41) is 2.72. The second-order valence-electron chi connectivity index (χ2n) is 3.95. The monoisotopic (exact) mass is 374 g/mol. The molecule has 0 saturated carbocycles. The van der Waals surface area contributed by atoms with Gasteiger partial charge in [0.05, 0.1) is 0 Å². The third kappa shape index (κ3) is 3.03. The Hall–Kier alpha value is -1.37. The van der Waals surface area contributed by atoms with Gasteiger partial charge in [-0.05, 0) is 24.6 Å². The third-order valence-corrected chi connectivity index (χ3v) is 3.68. The number of carbonyl (C=O) groups is 1. The molecule has 0 aliphatic carbocycles. The summed E-state index contributed by atoms with van der Waals surface area (Å²) in [6, 6.07) is 3.38. The first-order chi connectivity index (χ1) is 9.40. The number of carbonyl (C=O) groups excluding carboxylic acids is 1. The summed E-state index contributed by atoms with van der Waals surface area (Å²) in [5.41, 5.74) is 7.57. The lowest BCUT2D eigenvalue weighted by Gasteiger charge is -2.11. The first-order valence-electron chi connectivity index (χ1n) is 5.43. The van der Waals surface area contributed by atoms with E-state index in [2.05, 4.69) is 31.2 Å². The number of hydrogen-bond donors (Lipinski definition) is 2. The van der Waals surface area contributed by atoms with Gasteiger partial charge in [-0.1, -0.05) is 39.1 Å². The van der Waals surface area contributed by atoms with Crippen LogP contribution in [0.3, 0.4) is 0 Å². The molecule has 0 unspecified atom stereocenters. The van der Waals surface area contributed by atoms with Crippen LogP contribution in [-0.4, -0.2) is 15.9 Å². The average Bonchev–Trinajstić information content (AvgIpc) is 2.38. The van der Waals surface area contributed by atoms with E-state index >= 15 is 0 Å². The van der Waals surface area contributed by atoms with Crippen LogP contribution in [0.25, 0.3) is 0 Å². The van der Waals surface area contributed by atoms with E-state index in [1.165, 1.54) is 6.33 Å². The smallest absolute Gasteiger partial charge is 0.256 e. The van der Waals surface area contributed by atoms with E-state index in [4.69, 9.17) is 28.9 Å². The van der Waals surface area contributed by atoms with Gasteiger partial charge in [0.1, 0.15) is 12.0 Å². The molecule has 0 aliphatic heterocycles. The number of benzene rings is 1. The molecule has 0 aliphatic rings. The minimum atomic E-state index is -0.394. The Labute approximate surface area is 133 Å². The van der Waals surface area contributed by atoms with E-state index in [1.807, 2.05) is 0 Å². The lowest BCUT2D eigenvalue weighted by molar-refractivity contribution is 0.102. The zero-order chi connectivity index (χ0) is 14.9. The molecule has 0 radical (unpaired) electrons. The normalized spacial score (nSPS) is 10.4. The fourth-order valence-electron chi connectivity index (χ4n) is 1.56. The Kier molecular flexibility index (Phi) is 4.47. The molecule has 1 amide bonds. The summed E-state index contributed by atoms with van der Waals surface area (Å²) in [7, 11) is 0. The zero-order valence-corrected chi connectivity index (χ0v) is 13.3. The molecule has 8 heteroatoms. The summed E-state index contributed by atoms with van der Waals surface area (Å²) in [6.07, 6.45) is 1.21. The fraction of sp³-hybridized carbons (Fsp3) is 0.0833. The molecule has 1 aromatic carbocycles. The Morgan fingerprint density at radius 1 is 1.30 bits per heavy atom. The molecule has 0 bridgehead atoms. The Balaban J connectivity index is 2.39. The summed E-state index contributed by atoms with van der Waals surface area (Å²) in [4.78, 5) is 19.8. The van der Waals surface area contributed by atoms with Crippen molar-refractivity contribution in [2.24, 2.45) is 0 Å². The quantitative estimate of drug-likeness (QED) is 0.619. The Morgan fingerprint density at radius 3 is 2.50 bits per heavy atom. The van der Waals surface area contributed by atoms with Crippen LogP contribution in [0.1, 0.15) is 15.9 Å². The van der Waals surface area contributed by atoms with Crippen LogP contribution in [0, 0.1) is 6.92 Å². The van der Waals surface area contributed by atoms with Gasteiger partial charge in [0.25, 0.3) is 5.91 Å². The summed E-state index contributed by atoms with van der Waals surface area (Å²) in [6.45, 7) is 1.75. The van der Waals surface area contributed by atoms with Gasteiger partial charge in [-0.15, -0.1) is 0 Å². The number of nitrogens with zero attached hydrogens (tertiary/aromatic N) is 2. The van der Waals surface area contributed by atoms with E-state index in [0.717, 1.165) is 0 Å². The molecule has 2 rings (SSSR count). The molecule has 20 heavy (non-hydrogen) atoms. The number of nitrogens with one attached hydrogen (secondary N) is 1. The number of rotatable bonds is 2. The number of hydrogen-bond acceptors (Lipinski definition) is 4. The summed E-state index contributed by atoms with van der Waals surface area (Å²) >= 11 is 15.1. The number of aromatic nitrogens is 2. The lowest BCUT2D eigenvalue weighted by atomic mass is 10.1. The highest BCUT2D eigenvalue weighted by atomic mass is 79.9. The van der Waals surface area contributed by atoms with E-state index < -0.39 is 5.91 Å². The predicted molar refractivity (Wildman–Crippen MR) is 83.3 cm³/mol. The van der Waals surface area contributed by atoms with Crippen LogP contribution >= 0.6 is 39.1 Å². The molecule has 2 aromatic rings. The second kappa shape index (κ2) is 5.95. The molecule has 1 aromatic heterocycles. The Bertz CT molecular complexity index is 673. The van der Waals surface area contributed by atoms with Gasteiger partial charge in [0.15, 0.2) is 10.3 Å². The van der Waals surface area contributed by atoms with Crippen LogP contribution in [-0.2, 0) is 0 Å². The Morgan fingerprint density at radius 2 is 1.90 bits per heavy atom. The minimum absolute atomic E-state index is 0.0685. The van der Waals surface area contributed by atoms with Gasteiger partial charge in [-0.2, -0.15) is 0 Å². The predicted octanol–water partition coefficient (Wildman–Crippen LogP) is 3.69. The van der Waals surface area contributed by atoms with E-state index in [0.29, 0.717) is 21.3 Å². The maximum Gasteiger partial charge on any atom is 0.256 e. The van der Waals surface area contributed by atoms with Crippen molar-refractivity contribution in [3.05, 3.63) is 44.4 Å². The average molecular weight is 376 g/mol.